The van der Waals surface area contributed by atoms with E-state index in [0.717, 1.165) is 44.9 Å². The Morgan fingerprint density at radius 1 is 1.04 bits per heavy atom. The number of nitrogens with one attached hydrogen (secondary N) is 1. The highest BCUT2D eigenvalue weighted by Gasteiger charge is 2.11. The molecule has 0 aromatic heterocycles. The first-order valence-electron chi connectivity index (χ1n) is 9.29. The number of rotatable bonds is 10. The van der Waals surface area contributed by atoms with Crippen molar-refractivity contribution >= 4 is 10.8 Å². The quantitative estimate of drug-likeness (QED) is 0.652. The number of hydrogen-bond donors (Lipinski definition) is 1. The summed E-state index contributed by atoms with van der Waals surface area (Å²) < 4.78 is 6.17. The van der Waals surface area contributed by atoms with Crippen LogP contribution in [0.1, 0.15) is 39.7 Å². The van der Waals surface area contributed by atoms with Crippen LogP contribution in [0.4, 0.5) is 0 Å². The number of hydrogen-bond acceptors (Lipinski definition) is 3. The Bertz CT molecular complexity index is 622. The summed E-state index contributed by atoms with van der Waals surface area (Å²) in [6.45, 7) is 13.9. The van der Waals surface area contributed by atoms with Crippen molar-refractivity contribution in [3.8, 4) is 5.75 Å². The number of likely N-dealkylation sites (N-methyl/N-ethyl adjacent to an activating group) is 1. The van der Waals surface area contributed by atoms with Crippen LogP contribution in [0.2, 0.25) is 0 Å². The summed E-state index contributed by atoms with van der Waals surface area (Å²) in [5.74, 6) is 1.01. The van der Waals surface area contributed by atoms with E-state index in [1.807, 2.05) is 0 Å². The number of fused-ring (bicyclic) bond motifs is 1. The van der Waals surface area contributed by atoms with Crippen molar-refractivity contribution in [2.45, 2.75) is 46.8 Å². The predicted octanol–water partition coefficient (Wildman–Crippen LogP) is 4.45. The molecular formula is C21H32N2O. The lowest BCUT2D eigenvalue weighted by atomic mass is 10.0. The van der Waals surface area contributed by atoms with Crippen molar-refractivity contribution in [2.75, 3.05) is 26.2 Å². The summed E-state index contributed by atoms with van der Waals surface area (Å²) in [6, 6.07) is 12.8. The van der Waals surface area contributed by atoms with E-state index in [1.165, 1.54) is 16.3 Å². The molecule has 3 heteroatoms. The van der Waals surface area contributed by atoms with Crippen molar-refractivity contribution in [3.63, 3.8) is 0 Å². The normalized spacial score (nSPS) is 12.7. The highest BCUT2D eigenvalue weighted by molar-refractivity contribution is 5.87. The van der Waals surface area contributed by atoms with E-state index < -0.39 is 0 Å². The summed E-state index contributed by atoms with van der Waals surface area (Å²) in [7, 11) is 0. The van der Waals surface area contributed by atoms with Gasteiger partial charge in [0.2, 0.25) is 0 Å². The minimum absolute atomic E-state index is 0.237. The lowest BCUT2D eigenvalue weighted by molar-refractivity contribution is 0.215. The zero-order valence-electron chi connectivity index (χ0n) is 15.6. The van der Waals surface area contributed by atoms with Crippen LogP contribution in [0.15, 0.2) is 36.4 Å². The third-order valence-electron chi connectivity index (χ3n) is 4.70. The summed E-state index contributed by atoms with van der Waals surface area (Å²) in [6.07, 6.45) is 1.25. The third kappa shape index (κ3) is 4.96. The Labute approximate surface area is 147 Å². The third-order valence-corrected chi connectivity index (χ3v) is 4.70. The topological polar surface area (TPSA) is 24.5 Å². The summed E-state index contributed by atoms with van der Waals surface area (Å²) >= 11 is 0. The van der Waals surface area contributed by atoms with Crippen molar-refractivity contribution in [2.24, 2.45) is 0 Å². The van der Waals surface area contributed by atoms with Crippen molar-refractivity contribution in [1.82, 2.24) is 10.2 Å². The lowest BCUT2D eigenvalue weighted by Gasteiger charge is -2.20. The van der Waals surface area contributed by atoms with Gasteiger partial charge in [-0.05, 0) is 43.3 Å². The molecule has 0 aliphatic heterocycles. The molecule has 0 aliphatic rings. The van der Waals surface area contributed by atoms with Gasteiger partial charge in [-0.2, -0.15) is 0 Å². The molecule has 0 saturated carbocycles. The SMILES string of the molecule is CCC(C)Oc1ccc2ccccc2c1CNCCN(CC)CC. The molecule has 1 N–H and O–H groups in total. The van der Waals surface area contributed by atoms with Gasteiger partial charge in [-0.25, -0.2) is 0 Å². The van der Waals surface area contributed by atoms with Gasteiger partial charge in [-0.1, -0.05) is 51.1 Å². The molecule has 2 rings (SSSR count). The average Bonchev–Trinajstić information content (AvgIpc) is 2.62. The van der Waals surface area contributed by atoms with Gasteiger partial charge in [0.15, 0.2) is 0 Å². The standard InChI is InChI=1S/C21H32N2O/c1-5-17(4)24-21-13-12-18-10-8-9-11-19(18)20(21)16-22-14-15-23(6-2)7-3/h8-13,17,22H,5-7,14-16H2,1-4H3. The van der Waals surface area contributed by atoms with E-state index in [4.69, 9.17) is 4.74 Å². The molecule has 132 valence electrons. The molecule has 2 aromatic carbocycles. The molecule has 1 unspecified atom stereocenters. The van der Waals surface area contributed by atoms with Crippen molar-refractivity contribution < 1.29 is 4.74 Å². The minimum Gasteiger partial charge on any atom is -0.490 e. The van der Waals surface area contributed by atoms with Crippen molar-refractivity contribution in [3.05, 3.63) is 42.0 Å². The van der Waals surface area contributed by atoms with Gasteiger partial charge in [0.1, 0.15) is 5.75 Å². The van der Waals surface area contributed by atoms with Gasteiger partial charge in [0.05, 0.1) is 6.10 Å². The zero-order chi connectivity index (χ0) is 17.4. The Morgan fingerprint density at radius 3 is 2.50 bits per heavy atom. The maximum atomic E-state index is 6.17. The second-order valence-corrected chi connectivity index (χ2v) is 6.30. The molecule has 0 saturated heterocycles. The fourth-order valence-electron chi connectivity index (χ4n) is 2.90. The molecule has 24 heavy (non-hydrogen) atoms. The monoisotopic (exact) mass is 328 g/mol. The molecule has 0 radical (unpaired) electrons. The van der Waals surface area contributed by atoms with E-state index in [-0.39, 0.29) is 6.10 Å². The summed E-state index contributed by atoms with van der Waals surface area (Å²) in [4.78, 5) is 2.44. The van der Waals surface area contributed by atoms with Crippen molar-refractivity contribution in [1.29, 1.82) is 0 Å². The van der Waals surface area contributed by atoms with Gasteiger partial charge >= 0.3 is 0 Å². The van der Waals surface area contributed by atoms with Gasteiger partial charge in [0, 0.05) is 25.2 Å². The van der Waals surface area contributed by atoms with Crippen LogP contribution in [0.5, 0.6) is 5.75 Å². The van der Waals surface area contributed by atoms with Gasteiger partial charge in [-0.3, -0.25) is 0 Å². The van der Waals surface area contributed by atoms with Gasteiger partial charge < -0.3 is 15.0 Å². The van der Waals surface area contributed by atoms with Gasteiger partial charge in [-0.15, -0.1) is 0 Å². The lowest BCUT2D eigenvalue weighted by Crippen LogP contribution is -2.31. The fourth-order valence-corrected chi connectivity index (χ4v) is 2.90. The van der Waals surface area contributed by atoms with E-state index >= 15 is 0 Å². The van der Waals surface area contributed by atoms with E-state index in [1.54, 1.807) is 0 Å². The van der Waals surface area contributed by atoms with Gasteiger partial charge in [0.25, 0.3) is 0 Å². The van der Waals surface area contributed by atoms with E-state index in [9.17, 15) is 0 Å². The zero-order valence-corrected chi connectivity index (χ0v) is 15.6. The van der Waals surface area contributed by atoms with Crippen LogP contribution in [0, 0.1) is 0 Å². The van der Waals surface area contributed by atoms with E-state index in [0.29, 0.717) is 0 Å². The van der Waals surface area contributed by atoms with Crippen LogP contribution < -0.4 is 10.1 Å². The maximum absolute atomic E-state index is 6.17. The minimum atomic E-state index is 0.237. The summed E-state index contributed by atoms with van der Waals surface area (Å²) in [5.41, 5.74) is 1.27. The molecule has 0 spiro atoms. The van der Waals surface area contributed by atoms with Crippen LogP contribution in [0.3, 0.4) is 0 Å². The summed E-state index contributed by atoms with van der Waals surface area (Å²) in [5, 5.41) is 6.16. The Kier molecular flexibility index (Phi) is 7.54. The number of benzene rings is 2. The number of ether oxygens (including phenoxy) is 1. The molecule has 0 fully saturated rings. The fraction of sp³-hybridized carbons (Fsp3) is 0.524. The second-order valence-electron chi connectivity index (χ2n) is 6.30. The molecule has 1 atom stereocenters. The molecule has 0 bridgehead atoms. The Morgan fingerprint density at radius 2 is 1.79 bits per heavy atom. The van der Waals surface area contributed by atoms with Crippen LogP contribution in [0.25, 0.3) is 10.8 Å². The first-order valence-corrected chi connectivity index (χ1v) is 9.29. The van der Waals surface area contributed by atoms with Crippen LogP contribution in [-0.2, 0) is 6.54 Å². The molecule has 2 aromatic rings. The molecule has 3 nitrogen and oxygen atoms in total. The molecular weight excluding hydrogens is 296 g/mol. The largest absolute Gasteiger partial charge is 0.490 e. The highest BCUT2D eigenvalue weighted by atomic mass is 16.5. The van der Waals surface area contributed by atoms with E-state index in [2.05, 4.69) is 74.3 Å². The maximum Gasteiger partial charge on any atom is 0.124 e. The predicted molar refractivity (Wildman–Crippen MR) is 104 cm³/mol. The first kappa shape index (κ1) is 18.8. The molecule has 0 amide bonds. The Hall–Kier alpha value is -1.58. The average molecular weight is 329 g/mol. The molecule has 0 aliphatic carbocycles. The smallest absolute Gasteiger partial charge is 0.124 e. The second kappa shape index (κ2) is 9.65. The first-order chi connectivity index (χ1) is 11.7. The van der Waals surface area contributed by atoms with Crippen LogP contribution in [-0.4, -0.2) is 37.2 Å². The molecule has 0 heterocycles. The number of nitrogens with zero attached hydrogens (tertiary/aromatic N) is 1. The Balaban J connectivity index is 2.14. The van der Waals surface area contributed by atoms with Crippen LogP contribution >= 0.6 is 0 Å². The highest BCUT2D eigenvalue weighted by Crippen LogP contribution is 2.29.